The molecule has 1 heterocycles. The van der Waals surface area contributed by atoms with E-state index >= 15 is 0 Å². The van der Waals surface area contributed by atoms with Crippen LogP contribution in [0.2, 0.25) is 5.15 Å². The van der Waals surface area contributed by atoms with Crippen LogP contribution in [0.4, 0.5) is 5.82 Å². The van der Waals surface area contributed by atoms with Crippen LogP contribution in [-0.4, -0.2) is 23.5 Å². The Kier molecular flexibility index (Phi) is 5.14. The molecule has 1 aromatic carbocycles. The maximum Gasteiger partial charge on any atom is 0.139 e. The molecule has 0 radical (unpaired) electrons. The topological polar surface area (TPSA) is 24.9 Å². The summed E-state index contributed by atoms with van der Waals surface area (Å²) in [5, 5.41) is 6.04. The van der Waals surface area contributed by atoms with Gasteiger partial charge in [-0.2, -0.15) is 11.8 Å². The zero-order valence-corrected chi connectivity index (χ0v) is 12.0. The number of thioether (sulfide) groups is 1. The fourth-order valence-electron chi connectivity index (χ4n) is 1.83. The van der Waals surface area contributed by atoms with E-state index in [2.05, 4.69) is 28.7 Å². The molecule has 0 aliphatic rings. The van der Waals surface area contributed by atoms with E-state index in [0.717, 1.165) is 29.6 Å². The van der Waals surface area contributed by atoms with Crippen LogP contribution in [0.5, 0.6) is 0 Å². The highest BCUT2D eigenvalue weighted by molar-refractivity contribution is 7.98. The van der Waals surface area contributed by atoms with Gasteiger partial charge in [-0.1, -0.05) is 35.9 Å². The van der Waals surface area contributed by atoms with Gasteiger partial charge in [0.25, 0.3) is 0 Å². The Bertz CT molecular complexity index is 516. The Morgan fingerprint density at radius 2 is 2.11 bits per heavy atom. The Morgan fingerprint density at radius 1 is 1.28 bits per heavy atom. The lowest BCUT2D eigenvalue weighted by atomic mass is 10.2. The highest BCUT2D eigenvalue weighted by atomic mass is 35.5. The van der Waals surface area contributed by atoms with E-state index in [0.29, 0.717) is 5.15 Å². The third-order valence-electron chi connectivity index (χ3n) is 2.78. The SMILES string of the molecule is CSCCCCNc1cc2ccccc2c(Cl)n1. The van der Waals surface area contributed by atoms with Crippen molar-refractivity contribution in [2.24, 2.45) is 0 Å². The molecule has 0 bridgehead atoms. The predicted octanol–water partition coefficient (Wildman–Crippen LogP) is 4.44. The molecule has 0 aliphatic heterocycles. The summed E-state index contributed by atoms with van der Waals surface area (Å²) in [5.41, 5.74) is 0. The van der Waals surface area contributed by atoms with Gasteiger partial charge in [0.05, 0.1) is 0 Å². The Labute approximate surface area is 117 Å². The maximum atomic E-state index is 6.17. The van der Waals surface area contributed by atoms with Crippen molar-refractivity contribution in [1.82, 2.24) is 4.98 Å². The maximum absolute atomic E-state index is 6.17. The number of rotatable bonds is 6. The first-order valence-electron chi connectivity index (χ1n) is 6.09. The van der Waals surface area contributed by atoms with Gasteiger partial charge < -0.3 is 5.32 Å². The summed E-state index contributed by atoms with van der Waals surface area (Å²) in [4.78, 5) is 4.37. The van der Waals surface area contributed by atoms with Gasteiger partial charge in [-0.3, -0.25) is 0 Å². The van der Waals surface area contributed by atoms with Crippen molar-refractivity contribution in [2.45, 2.75) is 12.8 Å². The highest BCUT2D eigenvalue weighted by Crippen LogP contribution is 2.24. The molecule has 2 nitrogen and oxygen atoms in total. The van der Waals surface area contributed by atoms with Crippen molar-refractivity contribution in [1.29, 1.82) is 0 Å². The van der Waals surface area contributed by atoms with Crippen LogP contribution in [0.15, 0.2) is 30.3 Å². The first kappa shape index (κ1) is 13.5. The summed E-state index contributed by atoms with van der Waals surface area (Å²) in [6.07, 6.45) is 4.53. The molecule has 0 unspecified atom stereocenters. The number of pyridine rings is 1. The van der Waals surface area contributed by atoms with Crippen LogP contribution in [0.1, 0.15) is 12.8 Å². The number of nitrogens with one attached hydrogen (secondary N) is 1. The van der Waals surface area contributed by atoms with Crippen molar-refractivity contribution in [2.75, 3.05) is 23.9 Å². The summed E-state index contributed by atoms with van der Waals surface area (Å²) in [7, 11) is 0. The number of fused-ring (bicyclic) bond motifs is 1. The summed E-state index contributed by atoms with van der Waals surface area (Å²) in [6, 6.07) is 10.1. The molecule has 18 heavy (non-hydrogen) atoms. The van der Waals surface area contributed by atoms with E-state index in [1.54, 1.807) is 0 Å². The molecule has 2 aromatic rings. The molecule has 0 amide bonds. The van der Waals surface area contributed by atoms with Crippen LogP contribution in [0, 0.1) is 0 Å². The molecule has 1 N–H and O–H groups in total. The van der Waals surface area contributed by atoms with E-state index in [9.17, 15) is 0 Å². The lowest BCUT2D eigenvalue weighted by Gasteiger charge is -2.07. The summed E-state index contributed by atoms with van der Waals surface area (Å²) < 4.78 is 0. The first-order chi connectivity index (χ1) is 8.81. The fraction of sp³-hybridized carbons (Fsp3) is 0.357. The molecule has 96 valence electrons. The molecule has 0 spiro atoms. The number of anilines is 1. The van der Waals surface area contributed by atoms with Crippen LogP contribution < -0.4 is 5.32 Å². The standard InChI is InChI=1S/C14H17ClN2S/c1-18-9-5-4-8-16-13-10-11-6-2-3-7-12(11)14(15)17-13/h2-3,6-7,10H,4-5,8-9H2,1H3,(H,16,17). The van der Waals surface area contributed by atoms with E-state index in [1.807, 2.05) is 30.0 Å². The minimum absolute atomic E-state index is 0.569. The lowest BCUT2D eigenvalue weighted by molar-refractivity contribution is 0.840. The predicted molar refractivity (Wildman–Crippen MR) is 82.9 cm³/mol. The van der Waals surface area contributed by atoms with Gasteiger partial charge in [0, 0.05) is 11.9 Å². The Balaban J connectivity index is 2.01. The van der Waals surface area contributed by atoms with Gasteiger partial charge >= 0.3 is 0 Å². The molecule has 0 saturated heterocycles. The normalized spacial score (nSPS) is 10.8. The minimum Gasteiger partial charge on any atom is -0.370 e. The number of unbranched alkanes of at least 4 members (excludes halogenated alkanes) is 1. The van der Waals surface area contributed by atoms with Gasteiger partial charge in [-0.05, 0) is 36.3 Å². The molecule has 1 aromatic heterocycles. The summed E-state index contributed by atoms with van der Waals surface area (Å²) >= 11 is 8.06. The third-order valence-corrected chi connectivity index (χ3v) is 3.76. The highest BCUT2D eigenvalue weighted by Gasteiger charge is 2.02. The molecule has 4 heteroatoms. The second kappa shape index (κ2) is 6.86. The fourth-order valence-corrected chi connectivity index (χ4v) is 2.59. The molecule has 0 saturated carbocycles. The quantitative estimate of drug-likeness (QED) is 0.625. The average Bonchev–Trinajstić information content (AvgIpc) is 2.39. The monoisotopic (exact) mass is 280 g/mol. The van der Waals surface area contributed by atoms with Gasteiger partial charge in [-0.15, -0.1) is 0 Å². The Hall–Kier alpha value is -0.930. The Morgan fingerprint density at radius 3 is 2.94 bits per heavy atom. The zero-order chi connectivity index (χ0) is 12.8. The van der Waals surface area contributed by atoms with E-state index in [-0.39, 0.29) is 0 Å². The zero-order valence-electron chi connectivity index (χ0n) is 10.4. The first-order valence-corrected chi connectivity index (χ1v) is 7.86. The van der Waals surface area contributed by atoms with Crippen LogP contribution >= 0.6 is 23.4 Å². The number of halogens is 1. The van der Waals surface area contributed by atoms with Crippen molar-refractivity contribution in [3.05, 3.63) is 35.5 Å². The molecule has 0 aliphatic carbocycles. The lowest BCUT2D eigenvalue weighted by Crippen LogP contribution is -2.03. The van der Waals surface area contributed by atoms with Gasteiger partial charge in [0.2, 0.25) is 0 Å². The smallest absolute Gasteiger partial charge is 0.139 e. The molecule has 0 fully saturated rings. The number of benzene rings is 1. The van der Waals surface area contributed by atoms with Crippen LogP contribution in [0.25, 0.3) is 10.8 Å². The van der Waals surface area contributed by atoms with Crippen LogP contribution in [0.3, 0.4) is 0 Å². The van der Waals surface area contributed by atoms with E-state index in [1.165, 1.54) is 12.2 Å². The number of nitrogens with zero attached hydrogens (tertiary/aromatic N) is 1. The van der Waals surface area contributed by atoms with Gasteiger partial charge in [0.15, 0.2) is 0 Å². The van der Waals surface area contributed by atoms with Gasteiger partial charge in [-0.25, -0.2) is 4.98 Å². The third kappa shape index (κ3) is 3.53. The van der Waals surface area contributed by atoms with E-state index < -0.39 is 0 Å². The summed E-state index contributed by atoms with van der Waals surface area (Å²) in [5.74, 6) is 2.08. The second-order valence-electron chi connectivity index (χ2n) is 4.15. The second-order valence-corrected chi connectivity index (χ2v) is 5.49. The van der Waals surface area contributed by atoms with Crippen molar-refractivity contribution < 1.29 is 0 Å². The molecular weight excluding hydrogens is 264 g/mol. The van der Waals surface area contributed by atoms with Crippen molar-refractivity contribution >= 4 is 40.0 Å². The average molecular weight is 281 g/mol. The molecular formula is C14H17ClN2S. The largest absolute Gasteiger partial charge is 0.370 e. The number of hydrogen-bond acceptors (Lipinski definition) is 3. The summed E-state index contributed by atoms with van der Waals surface area (Å²) in [6.45, 7) is 0.947. The van der Waals surface area contributed by atoms with Crippen LogP contribution in [-0.2, 0) is 0 Å². The van der Waals surface area contributed by atoms with Crippen molar-refractivity contribution in [3.8, 4) is 0 Å². The minimum atomic E-state index is 0.569. The number of aromatic nitrogens is 1. The van der Waals surface area contributed by atoms with Gasteiger partial charge in [0.1, 0.15) is 11.0 Å². The molecule has 0 atom stereocenters. The number of hydrogen-bond donors (Lipinski definition) is 1. The van der Waals surface area contributed by atoms with Crippen molar-refractivity contribution in [3.63, 3.8) is 0 Å². The molecule has 2 rings (SSSR count). The van der Waals surface area contributed by atoms with E-state index in [4.69, 9.17) is 11.6 Å².